The van der Waals surface area contributed by atoms with Gasteiger partial charge in [-0.05, 0) is 44.5 Å². The number of nitrogens with zero attached hydrogens (tertiary/aromatic N) is 4. The molecule has 2 aromatic heterocycles. The minimum Gasteiger partial charge on any atom is -0.258 e. The van der Waals surface area contributed by atoms with E-state index in [1.165, 1.54) is 12.1 Å². The van der Waals surface area contributed by atoms with E-state index in [-0.39, 0.29) is 11.4 Å². The van der Waals surface area contributed by atoms with Gasteiger partial charge in [0.1, 0.15) is 11.4 Å². The third-order valence-corrected chi connectivity index (χ3v) is 6.14. The van der Waals surface area contributed by atoms with Crippen LogP contribution in [0.4, 0.5) is 11.4 Å². The molecule has 0 N–H and O–H groups in total. The molecule has 162 valence electrons. The lowest BCUT2D eigenvalue weighted by atomic mass is 9.88. The van der Waals surface area contributed by atoms with Crippen molar-refractivity contribution in [3.05, 3.63) is 105 Å². The standard InChI is InChI=1S/C26H14N4O4/c31-29(32)21-3-1-13-27-25(21)19-11-7-15-6-10-18-20(26-22(30(33)34)4-2-14-28-26)12-8-16-5-9-17(19)23(15)24(16)18/h1-14H. The Morgan fingerprint density at radius 3 is 1.38 bits per heavy atom. The van der Waals surface area contributed by atoms with Crippen LogP contribution in [0.15, 0.2) is 85.2 Å². The van der Waals surface area contributed by atoms with E-state index in [0.717, 1.165) is 32.3 Å². The van der Waals surface area contributed by atoms with E-state index in [2.05, 4.69) is 9.97 Å². The number of aromatic nitrogens is 2. The van der Waals surface area contributed by atoms with Gasteiger partial charge in [0.05, 0.1) is 9.85 Å². The molecule has 34 heavy (non-hydrogen) atoms. The van der Waals surface area contributed by atoms with Gasteiger partial charge in [0.25, 0.3) is 11.4 Å². The lowest BCUT2D eigenvalue weighted by molar-refractivity contribution is -0.384. The minimum atomic E-state index is -0.432. The molecular formula is C26H14N4O4. The summed E-state index contributed by atoms with van der Waals surface area (Å²) < 4.78 is 0. The van der Waals surface area contributed by atoms with Crippen LogP contribution in [0, 0.1) is 20.2 Å². The fraction of sp³-hybridized carbons (Fsp3) is 0. The monoisotopic (exact) mass is 446 g/mol. The second-order valence-electron chi connectivity index (χ2n) is 7.91. The fourth-order valence-electron chi connectivity index (χ4n) is 4.72. The Labute approximate surface area is 191 Å². The van der Waals surface area contributed by atoms with E-state index >= 15 is 0 Å². The van der Waals surface area contributed by atoms with Gasteiger partial charge in [-0.3, -0.25) is 20.2 Å². The number of benzene rings is 4. The molecule has 0 saturated heterocycles. The summed E-state index contributed by atoms with van der Waals surface area (Å²) in [6.45, 7) is 0. The maximum atomic E-state index is 11.7. The zero-order valence-corrected chi connectivity index (χ0v) is 17.5. The van der Waals surface area contributed by atoms with Gasteiger partial charge < -0.3 is 0 Å². The Kier molecular flexibility index (Phi) is 4.21. The Morgan fingerprint density at radius 2 is 0.971 bits per heavy atom. The van der Waals surface area contributed by atoms with Gasteiger partial charge >= 0.3 is 0 Å². The number of nitro groups is 2. The van der Waals surface area contributed by atoms with Crippen LogP contribution in [0.25, 0.3) is 54.8 Å². The van der Waals surface area contributed by atoms with Gasteiger partial charge in [-0.15, -0.1) is 0 Å². The topological polar surface area (TPSA) is 112 Å². The van der Waals surface area contributed by atoms with Crippen LogP contribution >= 0.6 is 0 Å². The molecule has 6 aromatic rings. The van der Waals surface area contributed by atoms with Gasteiger partial charge in [-0.2, -0.15) is 0 Å². The van der Waals surface area contributed by atoms with Crippen LogP contribution in [0.5, 0.6) is 0 Å². The second-order valence-corrected chi connectivity index (χ2v) is 7.91. The molecule has 0 amide bonds. The molecule has 6 rings (SSSR count). The van der Waals surface area contributed by atoms with E-state index < -0.39 is 9.85 Å². The van der Waals surface area contributed by atoms with E-state index in [1.54, 1.807) is 24.5 Å². The SMILES string of the molecule is O=[N+]([O-])c1cccnc1-c1ccc2ccc3c(-c4ncccc4[N+](=O)[O-])ccc4ccc1c2c43. The van der Waals surface area contributed by atoms with Crippen LogP contribution < -0.4 is 0 Å². The minimum absolute atomic E-state index is 0.0673. The lowest BCUT2D eigenvalue weighted by Crippen LogP contribution is -1.97. The molecule has 0 fully saturated rings. The van der Waals surface area contributed by atoms with Gasteiger partial charge in [-0.25, -0.2) is 9.97 Å². The lowest BCUT2D eigenvalue weighted by Gasteiger charge is -2.16. The van der Waals surface area contributed by atoms with E-state index in [1.807, 2.05) is 48.5 Å². The van der Waals surface area contributed by atoms with E-state index in [4.69, 9.17) is 0 Å². The van der Waals surface area contributed by atoms with Crippen LogP contribution in [0.1, 0.15) is 0 Å². The highest BCUT2D eigenvalue weighted by Gasteiger charge is 2.22. The molecule has 0 unspecified atom stereocenters. The van der Waals surface area contributed by atoms with E-state index in [0.29, 0.717) is 22.5 Å². The third-order valence-electron chi connectivity index (χ3n) is 6.14. The van der Waals surface area contributed by atoms with E-state index in [9.17, 15) is 20.2 Å². The smallest absolute Gasteiger partial charge is 0.258 e. The molecule has 0 aliphatic carbocycles. The van der Waals surface area contributed by atoms with Gasteiger partial charge in [0.2, 0.25) is 0 Å². The summed E-state index contributed by atoms with van der Waals surface area (Å²) in [5, 5.41) is 28.7. The van der Waals surface area contributed by atoms with Crippen molar-refractivity contribution in [3.63, 3.8) is 0 Å². The summed E-state index contributed by atoms with van der Waals surface area (Å²) in [5.74, 6) is 0. The van der Waals surface area contributed by atoms with Crippen molar-refractivity contribution in [2.75, 3.05) is 0 Å². The maximum absolute atomic E-state index is 11.7. The molecule has 0 spiro atoms. The molecule has 0 aliphatic heterocycles. The van der Waals surface area contributed by atoms with Crippen molar-refractivity contribution < 1.29 is 9.85 Å². The molecular weight excluding hydrogens is 432 g/mol. The largest absolute Gasteiger partial charge is 0.295 e. The molecule has 0 aliphatic rings. The zero-order valence-electron chi connectivity index (χ0n) is 17.5. The van der Waals surface area contributed by atoms with Crippen molar-refractivity contribution in [3.8, 4) is 22.5 Å². The molecule has 0 radical (unpaired) electrons. The molecule has 8 heteroatoms. The number of rotatable bonds is 4. The number of hydrogen-bond acceptors (Lipinski definition) is 6. The Balaban J connectivity index is 1.73. The average molecular weight is 446 g/mol. The Hall–Kier alpha value is -4.98. The number of pyridine rings is 2. The fourth-order valence-corrected chi connectivity index (χ4v) is 4.72. The highest BCUT2D eigenvalue weighted by molar-refractivity contribution is 6.27. The average Bonchev–Trinajstić information content (AvgIpc) is 2.87. The first kappa shape index (κ1) is 19.7. The van der Waals surface area contributed by atoms with Gasteiger partial charge in [-0.1, -0.05) is 48.5 Å². The molecule has 2 heterocycles. The van der Waals surface area contributed by atoms with Crippen molar-refractivity contribution in [2.45, 2.75) is 0 Å². The summed E-state index contributed by atoms with van der Waals surface area (Å²) >= 11 is 0. The zero-order chi connectivity index (χ0) is 23.4. The third kappa shape index (κ3) is 2.79. The Morgan fingerprint density at radius 1 is 0.559 bits per heavy atom. The summed E-state index contributed by atoms with van der Waals surface area (Å²) in [5.41, 5.74) is 1.77. The first-order valence-electron chi connectivity index (χ1n) is 10.4. The first-order valence-corrected chi connectivity index (χ1v) is 10.4. The predicted octanol–water partition coefficient (Wildman–Crippen LogP) is 6.52. The molecule has 0 bridgehead atoms. The normalized spacial score (nSPS) is 11.4. The van der Waals surface area contributed by atoms with Crippen LogP contribution in [0.2, 0.25) is 0 Å². The maximum Gasteiger partial charge on any atom is 0.295 e. The first-order chi connectivity index (χ1) is 16.5. The van der Waals surface area contributed by atoms with Gasteiger partial charge in [0.15, 0.2) is 0 Å². The van der Waals surface area contributed by atoms with Crippen LogP contribution in [-0.2, 0) is 0 Å². The highest BCUT2D eigenvalue weighted by Crippen LogP contribution is 2.43. The second kappa shape index (κ2) is 7.28. The molecule has 4 aromatic carbocycles. The summed E-state index contributed by atoms with van der Waals surface area (Å²) in [7, 11) is 0. The quantitative estimate of drug-likeness (QED) is 0.173. The Bertz CT molecular complexity index is 1650. The number of hydrogen-bond donors (Lipinski definition) is 0. The van der Waals surface area contributed by atoms with Gasteiger partial charge in [0, 0.05) is 35.7 Å². The highest BCUT2D eigenvalue weighted by atomic mass is 16.6. The van der Waals surface area contributed by atoms with Crippen molar-refractivity contribution in [2.24, 2.45) is 0 Å². The summed E-state index contributed by atoms with van der Waals surface area (Å²) in [6.07, 6.45) is 3.08. The van der Waals surface area contributed by atoms with Crippen LogP contribution in [-0.4, -0.2) is 19.8 Å². The van der Waals surface area contributed by atoms with Crippen molar-refractivity contribution >= 4 is 43.7 Å². The summed E-state index contributed by atoms with van der Waals surface area (Å²) in [4.78, 5) is 31.1. The summed E-state index contributed by atoms with van der Waals surface area (Å²) in [6, 6.07) is 21.3. The van der Waals surface area contributed by atoms with Crippen LogP contribution in [0.3, 0.4) is 0 Å². The predicted molar refractivity (Wildman–Crippen MR) is 130 cm³/mol. The van der Waals surface area contributed by atoms with Crippen molar-refractivity contribution in [1.29, 1.82) is 0 Å². The van der Waals surface area contributed by atoms with Crippen molar-refractivity contribution in [1.82, 2.24) is 9.97 Å². The molecule has 0 saturated carbocycles. The molecule has 8 nitrogen and oxygen atoms in total. The molecule has 0 atom stereocenters.